The number of hydrogen-bond acceptors (Lipinski definition) is 2. The third-order valence-corrected chi connectivity index (χ3v) is 9.74. The average Bonchev–Trinajstić information content (AvgIpc) is 2.99. The minimum atomic E-state index is -4.61. The minimum absolute atomic E-state index is 0.155. The van der Waals surface area contributed by atoms with Crippen LogP contribution in [0.5, 0.6) is 5.75 Å². The number of para-hydroxylation sites is 1. The van der Waals surface area contributed by atoms with E-state index in [1.165, 1.54) is 0 Å². The predicted octanol–water partition coefficient (Wildman–Crippen LogP) is 6.12. The molecule has 3 aromatic carbocycles. The summed E-state index contributed by atoms with van der Waals surface area (Å²) < 4.78 is 26.5. The Morgan fingerprint density at radius 3 is 1.82 bits per heavy atom. The zero-order valence-corrected chi connectivity index (χ0v) is 17.8. The van der Waals surface area contributed by atoms with Crippen LogP contribution < -0.4 is 19.8 Å². The fraction of sp³-hybridized carbons (Fsp3) is 0.250. The van der Waals surface area contributed by atoms with Crippen molar-refractivity contribution in [3.05, 3.63) is 84.4 Å². The standard InChI is InChI=1S/C24H27FNOP/c1-5-26-22-18-12-17-21(24(2,3)4)23(22)27-28(26,25,19-13-8-6-9-14-19)20-15-10-7-11-16-20/h6-18H,5H2,1-4H3. The van der Waals surface area contributed by atoms with E-state index in [-0.39, 0.29) is 5.41 Å². The van der Waals surface area contributed by atoms with Crippen molar-refractivity contribution in [2.75, 3.05) is 11.2 Å². The van der Waals surface area contributed by atoms with Crippen LogP contribution in [0.1, 0.15) is 33.3 Å². The number of nitrogens with zero attached hydrogens (tertiary/aromatic N) is 1. The Kier molecular flexibility index (Phi) is 4.28. The van der Waals surface area contributed by atoms with Crippen LogP contribution in [0.4, 0.5) is 9.88 Å². The van der Waals surface area contributed by atoms with E-state index in [1.807, 2.05) is 84.4 Å². The molecule has 0 fully saturated rings. The molecule has 4 rings (SSSR count). The van der Waals surface area contributed by atoms with E-state index < -0.39 is 7.29 Å². The topological polar surface area (TPSA) is 12.5 Å². The van der Waals surface area contributed by atoms with Crippen molar-refractivity contribution >= 4 is 23.6 Å². The van der Waals surface area contributed by atoms with Crippen LogP contribution in [-0.2, 0) is 5.41 Å². The zero-order chi connectivity index (χ0) is 20.0. The van der Waals surface area contributed by atoms with Crippen molar-refractivity contribution in [2.45, 2.75) is 33.1 Å². The van der Waals surface area contributed by atoms with Gasteiger partial charge in [0.1, 0.15) is 0 Å². The van der Waals surface area contributed by atoms with Crippen LogP contribution >= 0.6 is 7.29 Å². The van der Waals surface area contributed by atoms with Gasteiger partial charge in [0.05, 0.1) is 0 Å². The molecule has 0 aromatic heterocycles. The average molecular weight is 395 g/mol. The number of hydrogen-bond donors (Lipinski definition) is 0. The van der Waals surface area contributed by atoms with Crippen LogP contribution in [0.2, 0.25) is 0 Å². The summed E-state index contributed by atoms with van der Waals surface area (Å²) in [5.74, 6) is 0.671. The van der Waals surface area contributed by atoms with Crippen LogP contribution in [0, 0.1) is 0 Å². The molecule has 0 saturated heterocycles. The number of fused-ring (bicyclic) bond motifs is 1. The fourth-order valence-corrected chi connectivity index (χ4v) is 8.27. The first-order chi connectivity index (χ1) is 13.3. The zero-order valence-electron chi connectivity index (χ0n) is 16.9. The van der Waals surface area contributed by atoms with Crippen molar-refractivity contribution in [3.63, 3.8) is 0 Å². The third kappa shape index (κ3) is 2.49. The fourth-order valence-electron chi connectivity index (χ4n) is 4.15. The van der Waals surface area contributed by atoms with E-state index in [9.17, 15) is 0 Å². The molecule has 0 bridgehead atoms. The first-order valence-corrected chi connectivity index (χ1v) is 11.8. The molecule has 28 heavy (non-hydrogen) atoms. The van der Waals surface area contributed by atoms with Crippen molar-refractivity contribution in [1.82, 2.24) is 0 Å². The quantitative estimate of drug-likeness (QED) is 0.495. The molecule has 0 radical (unpaired) electrons. The molecule has 146 valence electrons. The normalized spacial score (nSPS) is 18.6. The molecule has 0 spiro atoms. The molecule has 0 atom stereocenters. The SMILES string of the molecule is CCN1c2cccc(C(C)(C)C)c2OP1(F)(c1ccccc1)c1ccccc1. The van der Waals surface area contributed by atoms with Gasteiger partial charge in [0.2, 0.25) is 0 Å². The Labute approximate surface area is 167 Å². The molecule has 0 unspecified atom stereocenters. The van der Waals surface area contributed by atoms with Gasteiger partial charge in [-0.1, -0.05) is 0 Å². The number of halogens is 1. The molecule has 4 heteroatoms. The molecule has 0 saturated carbocycles. The number of rotatable bonds is 3. The molecule has 1 aliphatic rings. The summed E-state index contributed by atoms with van der Waals surface area (Å²) in [4.78, 5) is 0. The summed E-state index contributed by atoms with van der Waals surface area (Å²) in [7, 11) is -4.61. The van der Waals surface area contributed by atoms with Gasteiger partial charge in [0, 0.05) is 0 Å². The Hall–Kier alpha value is -2.38. The van der Waals surface area contributed by atoms with Crippen molar-refractivity contribution < 1.29 is 8.72 Å². The molecular formula is C24H27FNOP. The Balaban J connectivity index is 2.09. The molecular weight excluding hydrogens is 368 g/mol. The maximum absolute atomic E-state index is 18.0. The number of benzene rings is 3. The van der Waals surface area contributed by atoms with Crippen molar-refractivity contribution in [1.29, 1.82) is 0 Å². The summed E-state index contributed by atoms with van der Waals surface area (Å²) in [5, 5.41) is 1.19. The van der Waals surface area contributed by atoms with E-state index in [0.717, 1.165) is 11.3 Å². The molecule has 1 heterocycles. The van der Waals surface area contributed by atoms with E-state index in [4.69, 9.17) is 4.52 Å². The van der Waals surface area contributed by atoms with Gasteiger partial charge in [0.15, 0.2) is 0 Å². The van der Waals surface area contributed by atoms with Gasteiger partial charge < -0.3 is 0 Å². The van der Waals surface area contributed by atoms with E-state index in [2.05, 4.69) is 26.8 Å². The maximum atomic E-state index is 18.0. The van der Waals surface area contributed by atoms with Crippen LogP contribution in [-0.4, -0.2) is 6.54 Å². The van der Waals surface area contributed by atoms with Crippen LogP contribution in [0.3, 0.4) is 0 Å². The monoisotopic (exact) mass is 395 g/mol. The van der Waals surface area contributed by atoms with Gasteiger partial charge in [-0.3, -0.25) is 0 Å². The Morgan fingerprint density at radius 2 is 1.36 bits per heavy atom. The summed E-state index contributed by atoms with van der Waals surface area (Å²) in [6.45, 7) is 8.92. The van der Waals surface area contributed by atoms with Gasteiger partial charge in [0.25, 0.3) is 0 Å². The molecule has 3 aromatic rings. The Bertz CT molecular complexity index is 959. The first-order valence-electron chi connectivity index (χ1n) is 9.77. The Morgan fingerprint density at radius 1 is 0.821 bits per heavy atom. The summed E-state index contributed by atoms with van der Waals surface area (Å²) in [6.07, 6.45) is 0. The third-order valence-electron chi connectivity index (χ3n) is 5.48. The van der Waals surface area contributed by atoms with E-state index >= 15 is 4.20 Å². The van der Waals surface area contributed by atoms with Crippen molar-refractivity contribution in [2.24, 2.45) is 0 Å². The van der Waals surface area contributed by atoms with Gasteiger partial charge in [-0.05, 0) is 0 Å². The van der Waals surface area contributed by atoms with Gasteiger partial charge in [-0.25, -0.2) is 0 Å². The molecule has 1 aliphatic heterocycles. The molecule has 0 aliphatic carbocycles. The number of anilines is 1. The summed E-state index contributed by atoms with van der Waals surface area (Å²) in [5.41, 5.74) is 1.71. The first kappa shape index (κ1) is 19.0. The van der Waals surface area contributed by atoms with Gasteiger partial charge in [-0.15, -0.1) is 0 Å². The second-order valence-electron chi connectivity index (χ2n) is 8.27. The molecule has 0 amide bonds. The van der Waals surface area contributed by atoms with Gasteiger partial charge >= 0.3 is 167 Å². The van der Waals surface area contributed by atoms with E-state index in [0.29, 0.717) is 22.9 Å². The molecule has 0 N–H and O–H groups in total. The summed E-state index contributed by atoms with van der Waals surface area (Å²) in [6, 6.07) is 24.8. The second-order valence-corrected chi connectivity index (χ2v) is 11.7. The van der Waals surface area contributed by atoms with Gasteiger partial charge in [-0.2, -0.15) is 0 Å². The van der Waals surface area contributed by atoms with Crippen LogP contribution in [0.15, 0.2) is 78.9 Å². The van der Waals surface area contributed by atoms with E-state index in [1.54, 1.807) is 0 Å². The van der Waals surface area contributed by atoms with Crippen molar-refractivity contribution in [3.8, 4) is 5.75 Å². The van der Waals surface area contributed by atoms with Crippen LogP contribution in [0.25, 0.3) is 0 Å². The summed E-state index contributed by atoms with van der Waals surface area (Å²) >= 11 is 0. The second kappa shape index (κ2) is 6.32. The molecule has 2 nitrogen and oxygen atoms in total. The predicted molar refractivity (Wildman–Crippen MR) is 119 cm³/mol.